The van der Waals surface area contributed by atoms with Crippen molar-refractivity contribution in [1.82, 2.24) is 9.55 Å². The molecule has 5 nitrogen and oxygen atoms in total. The quantitative estimate of drug-likeness (QED) is 0.148. The lowest BCUT2D eigenvalue weighted by molar-refractivity contribution is 0.473. The van der Waals surface area contributed by atoms with Crippen LogP contribution in [0.25, 0.3) is 55.2 Å². The lowest BCUT2D eigenvalue weighted by Crippen LogP contribution is -2.11. The Bertz CT molecular complexity index is 2340. The minimum atomic E-state index is -0.0605. The fourth-order valence-electron chi connectivity index (χ4n) is 5.98. The maximum absolute atomic E-state index is 10.7. The van der Waals surface area contributed by atoms with E-state index in [0.29, 0.717) is 11.3 Å². The summed E-state index contributed by atoms with van der Waals surface area (Å²) in [5, 5.41) is 10.7. The number of imidazole rings is 1. The van der Waals surface area contributed by atoms with E-state index in [-0.39, 0.29) is 11.2 Å². The summed E-state index contributed by atoms with van der Waals surface area (Å²) in [7, 11) is 0. The molecule has 0 aliphatic carbocycles. The van der Waals surface area contributed by atoms with Gasteiger partial charge in [-0.1, -0.05) is 112 Å². The van der Waals surface area contributed by atoms with E-state index >= 15 is 0 Å². The molecule has 1 aromatic heterocycles. The number of hydrogen-bond acceptors (Lipinski definition) is 3. The van der Waals surface area contributed by atoms with Crippen molar-refractivity contribution in [3.63, 3.8) is 0 Å². The maximum Gasteiger partial charge on any atom is 0.187 e. The Hall–Kier alpha value is -6.25. The van der Waals surface area contributed by atoms with Crippen LogP contribution in [0, 0.1) is 6.57 Å². The summed E-state index contributed by atoms with van der Waals surface area (Å²) in [5.41, 5.74) is 11.0. The summed E-state index contributed by atoms with van der Waals surface area (Å²) < 4.78 is 2.19. The number of aromatic nitrogens is 2. The molecule has 0 saturated carbocycles. The topological polar surface area (TPSA) is 54.8 Å². The second-order valence-electron chi connectivity index (χ2n) is 12.8. The van der Waals surface area contributed by atoms with Crippen LogP contribution >= 0.6 is 0 Å². The summed E-state index contributed by atoms with van der Waals surface area (Å²) in [6.45, 7) is 13.8. The molecule has 6 aromatic carbocycles. The van der Waals surface area contributed by atoms with Gasteiger partial charge in [-0.3, -0.25) is 9.56 Å². The molecule has 48 heavy (non-hydrogen) atoms. The highest BCUT2D eigenvalue weighted by atomic mass is 16.3. The fraction of sp³-hybridized carbons (Fsp3) is 0.0930. The molecule has 0 radical (unpaired) electrons. The van der Waals surface area contributed by atoms with Crippen LogP contribution in [-0.2, 0) is 5.41 Å². The molecule has 0 aliphatic rings. The Balaban J connectivity index is 1.39. The number of fused-ring (bicyclic) bond motifs is 1. The summed E-state index contributed by atoms with van der Waals surface area (Å²) in [4.78, 5) is 13.8. The molecule has 0 atom stereocenters. The first-order chi connectivity index (χ1) is 23.3. The fourth-order valence-corrected chi connectivity index (χ4v) is 5.98. The SMILES string of the molecule is [C-]#[N+]c1ccc(-c2cccc(-c3cccc4c3nc(-c3ccccc3N=Cc3cc(C(C)(C)C)ccc3O)n4-c3ccccc3)c2)cc1. The van der Waals surface area contributed by atoms with Crippen molar-refractivity contribution in [3.05, 3.63) is 162 Å². The van der Waals surface area contributed by atoms with Crippen molar-refractivity contribution in [1.29, 1.82) is 0 Å². The molecule has 1 N–H and O–H groups in total. The maximum atomic E-state index is 10.7. The van der Waals surface area contributed by atoms with E-state index in [1.54, 1.807) is 12.3 Å². The summed E-state index contributed by atoms with van der Waals surface area (Å²) in [5.74, 6) is 0.963. The van der Waals surface area contributed by atoms with Gasteiger partial charge in [-0.15, -0.1) is 0 Å². The zero-order chi connectivity index (χ0) is 33.3. The van der Waals surface area contributed by atoms with Crippen molar-refractivity contribution in [2.24, 2.45) is 4.99 Å². The van der Waals surface area contributed by atoms with Gasteiger partial charge in [0.05, 0.1) is 23.3 Å². The predicted octanol–water partition coefficient (Wildman–Crippen LogP) is 11.3. The number of phenolic OH excluding ortho intramolecular Hbond substituents is 1. The van der Waals surface area contributed by atoms with Gasteiger partial charge in [-0.25, -0.2) is 9.83 Å². The van der Waals surface area contributed by atoms with Gasteiger partial charge in [-0.05, 0) is 76.2 Å². The van der Waals surface area contributed by atoms with Gasteiger partial charge < -0.3 is 5.11 Å². The van der Waals surface area contributed by atoms with Crippen molar-refractivity contribution in [2.45, 2.75) is 26.2 Å². The Kier molecular flexibility index (Phi) is 7.92. The smallest absolute Gasteiger partial charge is 0.187 e. The average molecular weight is 623 g/mol. The number of nitrogens with zero attached hydrogens (tertiary/aromatic N) is 4. The van der Waals surface area contributed by atoms with E-state index in [1.165, 1.54) is 0 Å². The first-order valence-corrected chi connectivity index (χ1v) is 15.9. The molecule has 0 amide bonds. The van der Waals surface area contributed by atoms with Crippen molar-refractivity contribution < 1.29 is 5.11 Å². The van der Waals surface area contributed by atoms with Gasteiger partial charge in [0, 0.05) is 28.6 Å². The normalized spacial score (nSPS) is 11.6. The molecular formula is C43H34N4O. The second kappa shape index (κ2) is 12.5. The van der Waals surface area contributed by atoms with Gasteiger partial charge in [0.15, 0.2) is 5.69 Å². The average Bonchev–Trinajstić information content (AvgIpc) is 3.51. The van der Waals surface area contributed by atoms with E-state index in [2.05, 4.69) is 84.8 Å². The lowest BCUT2D eigenvalue weighted by Gasteiger charge is -2.19. The summed E-state index contributed by atoms with van der Waals surface area (Å²) in [6.07, 6.45) is 1.74. The predicted molar refractivity (Wildman–Crippen MR) is 198 cm³/mol. The highest BCUT2D eigenvalue weighted by Gasteiger charge is 2.20. The van der Waals surface area contributed by atoms with E-state index in [4.69, 9.17) is 16.5 Å². The molecule has 232 valence electrons. The first-order valence-electron chi connectivity index (χ1n) is 15.9. The van der Waals surface area contributed by atoms with Gasteiger partial charge in [0.1, 0.15) is 11.6 Å². The molecule has 0 spiro atoms. The van der Waals surface area contributed by atoms with Crippen LogP contribution in [0.4, 0.5) is 11.4 Å². The minimum Gasteiger partial charge on any atom is -0.507 e. The van der Waals surface area contributed by atoms with Crippen LogP contribution in [0.5, 0.6) is 5.75 Å². The molecule has 7 aromatic rings. The van der Waals surface area contributed by atoms with E-state index in [1.807, 2.05) is 78.9 Å². The molecule has 7 rings (SSSR count). The Morgan fingerprint density at radius 2 is 1.42 bits per heavy atom. The van der Waals surface area contributed by atoms with Gasteiger partial charge in [0.25, 0.3) is 0 Å². The van der Waals surface area contributed by atoms with Crippen LogP contribution in [0.2, 0.25) is 0 Å². The molecule has 0 unspecified atom stereocenters. The van der Waals surface area contributed by atoms with Crippen molar-refractivity contribution in [3.8, 4) is 45.1 Å². The molecule has 0 saturated heterocycles. The lowest BCUT2D eigenvalue weighted by atomic mass is 9.86. The van der Waals surface area contributed by atoms with Crippen molar-refractivity contribution in [2.75, 3.05) is 0 Å². The number of benzene rings is 6. The number of para-hydroxylation sites is 3. The van der Waals surface area contributed by atoms with E-state index in [9.17, 15) is 5.11 Å². The Morgan fingerprint density at radius 1 is 0.708 bits per heavy atom. The Morgan fingerprint density at radius 3 is 2.19 bits per heavy atom. The van der Waals surface area contributed by atoms with Crippen LogP contribution in [-0.4, -0.2) is 20.9 Å². The summed E-state index contributed by atoms with van der Waals surface area (Å²) >= 11 is 0. The van der Waals surface area contributed by atoms with E-state index < -0.39 is 0 Å². The third-order valence-electron chi connectivity index (χ3n) is 8.58. The molecule has 5 heteroatoms. The van der Waals surface area contributed by atoms with Crippen LogP contribution in [0.1, 0.15) is 31.9 Å². The third kappa shape index (κ3) is 5.88. The third-order valence-corrected chi connectivity index (χ3v) is 8.58. The van der Waals surface area contributed by atoms with Crippen LogP contribution in [0.15, 0.2) is 145 Å². The van der Waals surface area contributed by atoms with Crippen molar-refractivity contribution >= 4 is 28.6 Å². The monoisotopic (exact) mass is 622 g/mol. The highest BCUT2D eigenvalue weighted by molar-refractivity contribution is 5.97. The number of aromatic hydroxyl groups is 1. The second-order valence-corrected chi connectivity index (χ2v) is 12.8. The van der Waals surface area contributed by atoms with Gasteiger partial charge in [-0.2, -0.15) is 0 Å². The molecular weight excluding hydrogens is 589 g/mol. The number of phenols is 1. The molecule has 0 bridgehead atoms. The van der Waals surface area contributed by atoms with Gasteiger partial charge in [0.2, 0.25) is 0 Å². The van der Waals surface area contributed by atoms with E-state index in [0.717, 1.165) is 61.6 Å². The van der Waals surface area contributed by atoms with Crippen LogP contribution < -0.4 is 0 Å². The number of hydrogen-bond donors (Lipinski definition) is 1. The largest absolute Gasteiger partial charge is 0.507 e. The first kappa shape index (κ1) is 30.4. The zero-order valence-corrected chi connectivity index (χ0v) is 27.1. The number of rotatable bonds is 6. The highest BCUT2D eigenvalue weighted by Crippen LogP contribution is 2.38. The van der Waals surface area contributed by atoms with Crippen LogP contribution in [0.3, 0.4) is 0 Å². The Labute approximate surface area is 281 Å². The zero-order valence-electron chi connectivity index (χ0n) is 27.1. The standard InChI is InChI=1S/C43H34N4O/c1-43(2,3)33-22-25-40(48)32(27-33)28-45-38-18-9-8-16-37(38)42-46-41-36(17-11-19-39(41)47(42)35-14-6-5-7-15-35)31-13-10-12-30(26-31)29-20-23-34(44-4)24-21-29/h5-28,48H,1-3H3. The molecule has 0 aliphatic heterocycles. The summed E-state index contributed by atoms with van der Waals surface area (Å²) in [6, 6.07) is 46.4. The molecule has 1 heterocycles. The number of aliphatic imine (C=N–C) groups is 1. The van der Waals surface area contributed by atoms with Gasteiger partial charge >= 0.3 is 0 Å². The minimum absolute atomic E-state index is 0.0605. The molecule has 0 fully saturated rings.